The Hall–Kier alpha value is -12.9. The van der Waals surface area contributed by atoms with Crippen molar-refractivity contribution < 1.29 is 33.6 Å². The van der Waals surface area contributed by atoms with Crippen LogP contribution in [0.5, 0.6) is 0 Å². The number of anilines is 2. The first-order valence-corrected chi connectivity index (χ1v) is 47.2. The summed E-state index contributed by atoms with van der Waals surface area (Å²) in [5, 5.41) is 16.4. The molecular formula is C113H128N10O7. The van der Waals surface area contributed by atoms with E-state index in [1.165, 1.54) is 100 Å². The Morgan fingerprint density at radius 1 is 0.392 bits per heavy atom. The molecule has 0 saturated carbocycles. The van der Waals surface area contributed by atoms with Crippen molar-refractivity contribution in [2.45, 2.75) is 184 Å². The summed E-state index contributed by atoms with van der Waals surface area (Å²) in [5.74, 6) is 1.77. The van der Waals surface area contributed by atoms with Crippen molar-refractivity contribution in [1.29, 1.82) is 0 Å². The summed E-state index contributed by atoms with van der Waals surface area (Å²) in [6, 6.07) is 82.2. The monoisotopic (exact) mass is 1740 g/mol. The second kappa shape index (κ2) is 42.1. The van der Waals surface area contributed by atoms with Gasteiger partial charge < -0.3 is 51.1 Å². The molecule has 0 radical (unpaired) electrons. The van der Waals surface area contributed by atoms with E-state index < -0.39 is 0 Å². The molecule has 0 fully saturated rings. The zero-order chi connectivity index (χ0) is 91.2. The van der Waals surface area contributed by atoms with Crippen molar-refractivity contribution in [3.63, 3.8) is 0 Å². The molecule has 0 aromatic heterocycles. The van der Waals surface area contributed by atoms with Gasteiger partial charge in [0.05, 0.1) is 42.9 Å². The number of aryl methyl sites for hydroxylation is 3. The third kappa shape index (κ3) is 21.0. The summed E-state index contributed by atoms with van der Waals surface area (Å²) in [6.45, 7) is 28.0. The van der Waals surface area contributed by atoms with Crippen LogP contribution in [0.2, 0.25) is 0 Å². The molecule has 0 spiro atoms. The van der Waals surface area contributed by atoms with Gasteiger partial charge in [0, 0.05) is 68.9 Å². The number of hydrogen-bond donors (Lipinski definition) is 5. The Bertz CT molecular complexity index is 5920. The number of nitrogens with zero attached hydrogens (tertiary/aromatic N) is 5. The van der Waals surface area contributed by atoms with Crippen LogP contribution in [-0.2, 0) is 59.5 Å². The predicted molar refractivity (Wildman–Crippen MR) is 527 cm³/mol. The van der Waals surface area contributed by atoms with Gasteiger partial charge >= 0.3 is 18.1 Å². The summed E-state index contributed by atoms with van der Waals surface area (Å²) in [4.78, 5) is 102. The van der Waals surface area contributed by atoms with E-state index in [0.29, 0.717) is 62.8 Å². The maximum atomic E-state index is 13.9. The molecule has 17 nitrogen and oxygen atoms in total. The maximum Gasteiger partial charge on any atom is 0.321 e. The molecule has 18 rings (SSSR count). The minimum atomic E-state index is -0.350. The Balaban J connectivity index is 0.000000135. The van der Waals surface area contributed by atoms with E-state index in [4.69, 9.17) is 0 Å². The number of carbonyl (C=O) groups excluding carboxylic acids is 7. The molecule has 4 aliphatic carbocycles. The van der Waals surface area contributed by atoms with Crippen LogP contribution < -0.4 is 26.6 Å². The molecule has 10 aromatic rings. The number of carbonyl (C=O) groups is 7. The van der Waals surface area contributed by atoms with Crippen LogP contribution in [0.3, 0.4) is 0 Å². The fourth-order valence-corrected chi connectivity index (χ4v) is 21.2. The number of nitrogens with one attached hydrogen (secondary N) is 5. The number of fused-ring (bicyclic) bond motifs is 9. The molecule has 0 bridgehead atoms. The molecule has 17 heteroatoms. The lowest BCUT2D eigenvalue weighted by Gasteiger charge is -2.40. The summed E-state index contributed by atoms with van der Waals surface area (Å²) in [5.41, 5.74) is 30.3. The van der Waals surface area contributed by atoms with Crippen molar-refractivity contribution in [3.05, 3.63) is 343 Å². The number of amides is 10. The molecule has 4 unspecified atom stereocenters. The van der Waals surface area contributed by atoms with Crippen LogP contribution in [0.25, 0.3) is 33.1 Å². The first-order valence-electron chi connectivity index (χ1n) is 47.2. The molecule has 8 aliphatic rings. The van der Waals surface area contributed by atoms with Crippen molar-refractivity contribution in [2.24, 2.45) is 23.7 Å². The summed E-state index contributed by atoms with van der Waals surface area (Å²) in [7, 11) is 0. The second-order valence-electron chi connectivity index (χ2n) is 37.4. The minimum Gasteiger partial charge on any atom is -0.335 e. The standard InChI is InChI=1S/C37H39N3O2.C26H31N3O2.C25H29N3O2.C25H29NO/c1-26(2)36-33-25-29-14-7-8-16-30(29)32(33)20-24-40(36)35(41)21-23-39(22-19-27-11-4-3-5-12-27)37(42)38-34-18-10-15-28-13-6-9-17-31(28)34;1-16(2)25-22-14-19-10-5-6-11-20(19)21(22)12-13-29(25)23(30)15-27-26(31)28-24-17(3)8-7-9-18(24)4;1-17(2)24-22-14-19-10-6-7-11-20(19)21(22)12-13-28(24)23(29)16-27-25(30)26-15-18-8-4-3-5-9-18;1-4-18-9-11-19(12-10-18)25(27)26-14-13-22-21-8-6-5-7-20(21)16-23(22)24(26)15-17(2)3/h3-18,26,36H,19-25H2,1-2H3,(H,38,42);5-11,16,25H,12-15H2,1-4H3,(H2,27,28,31);3-11,17,24H,12-16H2,1-2H3,(H2,26,27,30);5-12,17,24H,4,13-16H2,1-3H3. The van der Waals surface area contributed by atoms with E-state index in [2.05, 4.69) is 220 Å². The first-order chi connectivity index (χ1) is 63.0. The van der Waals surface area contributed by atoms with E-state index in [-0.39, 0.29) is 79.0 Å². The Kier molecular flexibility index (Phi) is 29.8. The van der Waals surface area contributed by atoms with Crippen LogP contribution in [0.4, 0.5) is 25.8 Å². The topological polar surface area (TPSA) is 196 Å². The number of rotatable bonds is 21. The lowest BCUT2D eigenvalue weighted by Crippen LogP contribution is -2.51. The van der Waals surface area contributed by atoms with Crippen molar-refractivity contribution in [2.75, 3.05) is 63.0 Å². The van der Waals surface area contributed by atoms with Gasteiger partial charge in [0.2, 0.25) is 17.7 Å². The Morgan fingerprint density at radius 3 is 1.29 bits per heavy atom. The van der Waals surface area contributed by atoms with Crippen LogP contribution in [0, 0.1) is 37.5 Å². The van der Waals surface area contributed by atoms with Gasteiger partial charge in [-0.2, -0.15) is 0 Å². The fraction of sp³-hybridized carbons (Fsp3) is 0.354. The summed E-state index contributed by atoms with van der Waals surface area (Å²) >= 11 is 0. The summed E-state index contributed by atoms with van der Waals surface area (Å²) < 4.78 is 0. The lowest BCUT2D eigenvalue weighted by molar-refractivity contribution is -0.134. The average Bonchev–Trinajstić information content (AvgIpc) is 1.61. The number of hydrogen-bond acceptors (Lipinski definition) is 7. The van der Waals surface area contributed by atoms with Crippen molar-refractivity contribution >= 4 is 86.2 Å². The van der Waals surface area contributed by atoms with Gasteiger partial charge in [-0.3, -0.25) is 19.2 Å². The van der Waals surface area contributed by atoms with Gasteiger partial charge in [-0.1, -0.05) is 287 Å². The lowest BCUT2D eigenvalue weighted by atomic mass is 9.86. The molecule has 0 saturated heterocycles. The first kappa shape index (κ1) is 91.8. The van der Waals surface area contributed by atoms with Crippen molar-refractivity contribution in [1.82, 2.24) is 40.4 Å². The average molecular weight is 1740 g/mol. The van der Waals surface area contributed by atoms with Crippen LogP contribution in [-0.4, -0.2) is 143 Å². The highest BCUT2D eigenvalue weighted by atomic mass is 16.2. The molecule has 130 heavy (non-hydrogen) atoms. The highest BCUT2D eigenvalue weighted by molar-refractivity contribution is 6.02. The molecule has 4 atom stereocenters. The third-order valence-electron chi connectivity index (χ3n) is 27.4. The van der Waals surface area contributed by atoms with E-state index in [0.717, 1.165) is 128 Å². The normalized spacial score (nSPS) is 17.3. The van der Waals surface area contributed by atoms with Crippen LogP contribution in [0.1, 0.15) is 184 Å². The largest absolute Gasteiger partial charge is 0.335 e. The molecular weight excluding hydrogens is 1610 g/mol. The van der Waals surface area contributed by atoms with E-state index >= 15 is 0 Å². The van der Waals surface area contributed by atoms with E-state index in [9.17, 15) is 33.6 Å². The number of benzene rings is 10. The second-order valence-corrected chi connectivity index (χ2v) is 37.4. The Morgan fingerprint density at radius 2 is 0.808 bits per heavy atom. The van der Waals surface area contributed by atoms with Gasteiger partial charge in [-0.15, -0.1) is 0 Å². The molecule has 10 aromatic carbocycles. The van der Waals surface area contributed by atoms with Crippen LogP contribution in [0.15, 0.2) is 265 Å². The minimum absolute atomic E-state index is 0.00442. The molecule has 10 amide bonds. The zero-order valence-electron chi connectivity index (χ0n) is 77.7. The van der Waals surface area contributed by atoms with Gasteiger partial charge in [-0.25, -0.2) is 14.4 Å². The third-order valence-corrected chi connectivity index (χ3v) is 27.4. The quantitative estimate of drug-likeness (QED) is 0.0472. The van der Waals surface area contributed by atoms with Gasteiger partial charge in [0.15, 0.2) is 0 Å². The predicted octanol–water partition coefficient (Wildman–Crippen LogP) is 21.5. The van der Waals surface area contributed by atoms with Crippen LogP contribution >= 0.6 is 0 Å². The molecule has 4 aliphatic heterocycles. The van der Waals surface area contributed by atoms with E-state index in [1.54, 1.807) is 4.90 Å². The summed E-state index contributed by atoms with van der Waals surface area (Å²) in [6.07, 6.45) is 10.4. The van der Waals surface area contributed by atoms with Crippen molar-refractivity contribution in [3.8, 4) is 0 Å². The van der Waals surface area contributed by atoms with E-state index in [1.807, 2.05) is 145 Å². The highest BCUT2D eigenvalue weighted by Gasteiger charge is 2.43. The number of urea groups is 3. The smallest absolute Gasteiger partial charge is 0.321 e. The maximum absolute atomic E-state index is 13.9. The number of para-hydroxylation sites is 1. The van der Waals surface area contributed by atoms with Gasteiger partial charge in [0.25, 0.3) is 5.91 Å². The fourth-order valence-electron chi connectivity index (χ4n) is 21.2. The molecule has 672 valence electrons. The highest BCUT2D eigenvalue weighted by Crippen LogP contribution is 2.48. The SMILES string of the molecule is CC(C)C1C2=C(CCN1C(=O)CCN(CCc1ccccc1)C(=O)Nc1cccc3ccccc13)c1ccccc1C2.CC(C)C1C2=C(CCN1C(=O)CNC(=O)NCc1ccccc1)c1ccccc1C2.CCc1ccc(C(=O)N2CCC3=C(Cc4ccccc43)C2CC(C)C)cc1.Cc1cccc(C)c1NC(=O)NCC(=O)N1CCC2=C(Cc3ccccc32)C1C(C)C. The molecule has 4 heterocycles. The van der Waals surface area contributed by atoms with Gasteiger partial charge in [-0.05, 0) is 249 Å². The zero-order valence-corrected chi connectivity index (χ0v) is 77.7. The molecule has 5 N–H and O–H groups in total. The Labute approximate surface area is 769 Å². The van der Waals surface area contributed by atoms with Gasteiger partial charge in [0.1, 0.15) is 0 Å².